The SMILES string of the molecule is CC12CCCC(C)(C1)c1ccccc12. The van der Waals surface area contributed by atoms with Crippen molar-refractivity contribution in [3.63, 3.8) is 0 Å². The second-order valence-corrected chi connectivity index (χ2v) is 5.70. The van der Waals surface area contributed by atoms with Crippen molar-refractivity contribution >= 4 is 0 Å². The van der Waals surface area contributed by atoms with E-state index in [1.165, 1.54) is 25.7 Å². The highest BCUT2D eigenvalue weighted by atomic mass is 14.5. The van der Waals surface area contributed by atoms with Crippen molar-refractivity contribution < 1.29 is 0 Å². The van der Waals surface area contributed by atoms with E-state index in [0.29, 0.717) is 10.8 Å². The van der Waals surface area contributed by atoms with Gasteiger partial charge in [0.1, 0.15) is 0 Å². The first kappa shape index (κ1) is 8.52. The van der Waals surface area contributed by atoms with Gasteiger partial charge in [-0.1, -0.05) is 44.5 Å². The average Bonchev–Trinajstić information content (AvgIpc) is 2.32. The van der Waals surface area contributed by atoms with E-state index >= 15 is 0 Å². The van der Waals surface area contributed by atoms with Gasteiger partial charge in [-0.25, -0.2) is 0 Å². The summed E-state index contributed by atoms with van der Waals surface area (Å²) < 4.78 is 0. The molecule has 2 aliphatic rings. The molecule has 1 aromatic carbocycles. The summed E-state index contributed by atoms with van der Waals surface area (Å²) in [7, 11) is 0. The van der Waals surface area contributed by atoms with E-state index in [1.807, 2.05) is 0 Å². The van der Waals surface area contributed by atoms with Crippen molar-refractivity contribution in [3.05, 3.63) is 35.4 Å². The van der Waals surface area contributed by atoms with E-state index in [1.54, 1.807) is 11.1 Å². The van der Waals surface area contributed by atoms with E-state index in [0.717, 1.165) is 0 Å². The van der Waals surface area contributed by atoms with Crippen molar-refractivity contribution in [1.29, 1.82) is 0 Å². The maximum atomic E-state index is 2.45. The number of fused-ring (bicyclic) bond motifs is 5. The summed E-state index contributed by atoms with van der Waals surface area (Å²) in [6, 6.07) is 9.11. The highest BCUT2D eigenvalue weighted by Crippen LogP contribution is 2.57. The van der Waals surface area contributed by atoms with Crippen LogP contribution in [0.2, 0.25) is 0 Å². The molecule has 0 N–H and O–H groups in total. The Morgan fingerprint density at radius 2 is 1.43 bits per heavy atom. The zero-order valence-electron chi connectivity index (χ0n) is 9.14. The van der Waals surface area contributed by atoms with Gasteiger partial charge in [-0.15, -0.1) is 0 Å². The van der Waals surface area contributed by atoms with Crippen molar-refractivity contribution in [1.82, 2.24) is 0 Å². The molecule has 14 heavy (non-hydrogen) atoms. The second-order valence-electron chi connectivity index (χ2n) is 5.70. The third-order valence-electron chi connectivity index (χ3n) is 4.46. The molecule has 1 fully saturated rings. The summed E-state index contributed by atoms with van der Waals surface area (Å²) >= 11 is 0. The van der Waals surface area contributed by atoms with E-state index in [4.69, 9.17) is 0 Å². The maximum Gasteiger partial charge on any atom is -0.00639 e. The molecule has 3 rings (SSSR count). The highest BCUT2D eigenvalue weighted by molar-refractivity contribution is 5.46. The Morgan fingerprint density at radius 3 is 1.93 bits per heavy atom. The molecule has 2 atom stereocenters. The molecular formula is C14H18. The first-order valence-electron chi connectivity index (χ1n) is 5.74. The van der Waals surface area contributed by atoms with E-state index in [9.17, 15) is 0 Å². The minimum absolute atomic E-state index is 0.490. The molecule has 2 aliphatic carbocycles. The van der Waals surface area contributed by atoms with Crippen LogP contribution in [0.1, 0.15) is 50.7 Å². The number of hydrogen-bond acceptors (Lipinski definition) is 0. The topological polar surface area (TPSA) is 0 Å². The molecule has 0 saturated heterocycles. The van der Waals surface area contributed by atoms with Crippen LogP contribution < -0.4 is 0 Å². The fourth-order valence-corrected chi connectivity index (χ4v) is 3.90. The molecule has 0 aliphatic heterocycles. The fourth-order valence-electron chi connectivity index (χ4n) is 3.90. The van der Waals surface area contributed by atoms with Crippen LogP contribution >= 0.6 is 0 Å². The summed E-state index contributed by atoms with van der Waals surface area (Å²) in [6.07, 6.45) is 5.56. The van der Waals surface area contributed by atoms with Crippen LogP contribution in [0.15, 0.2) is 24.3 Å². The first-order chi connectivity index (χ1) is 6.64. The molecule has 74 valence electrons. The Kier molecular flexibility index (Phi) is 1.47. The Hall–Kier alpha value is -0.780. The molecule has 0 spiro atoms. The summed E-state index contributed by atoms with van der Waals surface area (Å²) in [5, 5.41) is 0. The Labute approximate surface area is 86.3 Å². The van der Waals surface area contributed by atoms with Gasteiger partial charge >= 0.3 is 0 Å². The quantitative estimate of drug-likeness (QED) is 0.578. The monoisotopic (exact) mass is 186 g/mol. The van der Waals surface area contributed by atoms with E-state index in [-0.39, 0.29) is 0 Å². The van der Waals surface area contributed by atoms with Crippen LogP contribution in [-0.4, -0.2) is 0 Å². The molecule has 0 amide bonds. The maximum absolute atomic E-state index is 2.45. The lowest BCUT2D eigenvalue weighted by Crippen LogP contribution is -2.29. The van der Waals surface area contributed by atoms with Gasteiger partial charge in [0, 0.05) is 0 Å². The van der Waals surface area contributed by atoms with Gasteiger partial charge in [0.05, 0.1) is 0 Å². The predicted molar refractivity (Wildman–Crippen MR) is 59.6 cm³/mol. The van der Waals surface area contributed by atoms with Crippen LogP contribution in [0.5, 0.6) is 0 Å². The van der Waals surface area contributed by atoms with Crippen molar-refractivity contribution in [2.45, 2.75) is 50.4 Å². The van der Waals surface area contributed by atoms with Gasteiger partial charge in [-0.05, 0) is 41.2 Å². The fraction of sp³-hybridized carbons (Fsp3) is 0.571. The number of rotatable bonds is 0. The number of hydrogen-bond donors (Lipinski definition) is 0. The molecule has 1 saturated carbocycles. The van der Waals surface area contributed by atoms with Gasteiger partial charge in [-0.3, -0.25) is 0 Å². The Balaban J connectivity index is 2.27. The van der Waals surface area contributed by atoms with Gasteiger partial charge in [-0.2, -0.15) is 0 Å². The minimum atomic E-state index is 0.490. The van der Waals surface area contributed by atoms with Crippen LogP contribution in [0, 0.1) is 0 Å². The van der Waals surface area contributed by atoms with Crippen LogP contribution in [0.4, 0.5) is 0 Å². The zero-order chi connectivity index (χ0) is 9.81. The molecule has 2 bridgehead atoms. The highest BCUT2D eigenvalue weighted by Gasteiger charge is 2.49. The molecular weight excluding hydrogens is 168 g/mol. The summed E-state index contributed by atoms with van der Waals surface area (Å²) in [5.41, 5.74) is 4.26. The van der Waals surface area contributed by atoms with Crippen LogP contribution in [0.3, 0.4) is 0 Å². The molecule has 0 radical (unpaired) electrons. The van der Waals surface area contributed by atoms with Crippen molar-refractivity contribution in [2.75, 3.05) is 0 Å². The first-order valence-corrected chi connectivity index (χ1v) is 5.74. The van der Waals surface area contributed by atoms with Crippen molar-refractivity contribution in [2.24, 2.45) is 0 Å². The van der Waals surface area contributed by atoms with E-state index < -0.39 is 0 Å². The molecule has 0 heterocycles. The van der Waals surface area contributed by atoms with Gasteiger partial charge in [0.2, 0.25) is 0 Å². The molecule has 0 heteroatoms. The van der Waals surface area contributed by atoms with Crippen LogP contribution in [-0.2, 0) is 10.8 Å². The van der Waals surface area contributed by atoms with Crippen molar-refractivity contribution in [3.8, 4) is 0 Å². The largest absolute Gasteiger partial charge is 0.0620 e. The molecule has 1 aromatic rings. The smallest absolute Gasteiger partial charge is 0.00639 e. The van der Waals surface area contributed by atoms with Gasteiger partial charge in [0.25, 0.3) is 0 Å². The third-order valence-corrected chi connectivity index (χ3v) is 4.46. The zero-order valence-corrected chi connectivity index (χ0v) is 9.14. The summed E-state index contributed by atoms with van der Waals surface area (Å²) in [6.45, 7) is 4.91. The lowest BCUT2D eigenvalue weighted by molar-refractivity contribution is 0.252. The second kappa shape index (κ2) is 2.42. The summed E-state index contributed by atoms with van der Waals surface area (Å²) in [4.78, 5) is 0. The number of benzene rings is 1. The predicted octanol–water partition coefficient (Wildman–Crippen LogP) is 3.79. The van der Waals surface area contributed by atoms with E-state index in [2.05, 4.69) is 38.1 Å². The average molecular weight is 186 g/mol. The molecule has 2 unspecified atom stereocenters. The van der Waals surface area contributed by atoms with Gasteiger partial charge in [0.15, 0.2) is 0 Å². The lowest BCUT2D eigenvalue weighted by atomic mass is 9.69. The molecule has 0 aromatic heterocycles. The van der Waals surface area contributed by atoms with Gasteiger partial charge < -0.3 is 0 Å². The Morgan fingerprint density at radius 1 is 0.929 bits per heavy atom. The lowest BCUT2D eigenvalue weighted by Gasteiger charge is -2.35. The minimum Gasteiger partial charge on any atom is -0.0620 e. The van der Waals surface area contributed by atoms with Crippen LogP contribution in [0.25, 0.3) is 0 Å². The molecule has 0 nitrogen and oxygen atoms in total. The normalized spacial score (nSPS) is 39.6. The third kappa shape index (κ3) is 0.893. The summed E-state index contributed by atoms with van der Waals surface area (Å²) in [5.74, 6) is 0. The standard InChI is InChI=1S/C14H18/c1-13-8-5-9-14(2,10-13)12-7-4-3-6-11(12)13/h3-4,6-7H,5,8-10H2,1-2H3. The Bertz CT molecular complexity index is 344.